The van der Waals surface area contributed by atoms with Crippen LogP contribution in [0.15, 0.2) is 75.6 Å². The zero-order chi connectivity index (χ0) is 30.4. The number of halogens is 1. The number of hydrogen-bond acceptors (Lipinski definition) is 1. The van der Waals surface area contributed by atoms with E-state index in [2.05, 4.69) is 162 Å². The van der Waals surface area contributed by atoms with Crippen molar-refractivity contribution in [2.75, 3.05) is 13.1 Å². The number of rotatable bonds is 12. The van der Waals surface area contributed by atoms with Gasteiger partial charge in [-0.25, -0.2) is 0 Å². The van der Waals surface area contributed by atoms with Gasteiger partial charge in [-0.05, 0) is 91.6 Å². The fourth-order valence-electron chi connectivity index (χ4n) is 3.73. The topological polar surface area (TPSA) is 3.24 Å². The van der Waals surface area contributed by atoms with E-state index in [1.54, 1.807) is 0 Å². The zero-order valence-electron chi connectivity index (χ0n) is 27.9. The predicted octanol–water partition coefficient (Wildman–Crippen LogP) is 12.6. The van der Waals surface area contributed by atoms with Crippen LogP contribution in [0.2, 0.25) is 0 Å². The Labute approximate surface area is 258 Å². The van der Waals surface area contributed by atoms with Crippen LogP contribution >= 0.6 is 22.6 Å². The van der Waals surface area contributed by atoms with E-state index >= 15 is 0 Å². The molecule has 0 aliphatic carbocycles. The third-order valence-corrected chi connectivity index (χ3v) is 6.51. The van der Waals surface area contributed by atoms with Crippen molar-refractivity contribution in [2.45, 2.75) is 116 Å². The SMILES string of the molecule is CC.CC(C)=CC/C=C/C(=C\I)c1ccc(CC(C)(C)C)cc1.CCCN(CC(C)C)/C(C)=C/C=C(/C)CC. The van der Waals surface area contributed by atoms with Gasteiger partial charge in [0.05, 0.1) is 0 Å². The van der Waals surface area contributed by atoms with E-state index in [-0.39, 0.29) is 0 Å². The van der Waals surface area contributed by atoms with E-state index in [1.807, 2.05) is 13.8 Å². The maximum atomic E-state index is 2.49. The third kappa shape index (κ3) is 21.9. The lowest BCUT2D eigenvalue weighted by atomic mass is 9.88. The van der Waals surface area contributed by atoms with Crippen LogP contribution in [0.4, 0.5) is 0 Å². The Bertz CT molecular complexity index is 898. The molecule has 0 unspecified atom stereocenters. The molecule has 0 N–H and O–H groups in total. The molecule has 0 spiro atoms. The Hall–Kier alpha value is -1.55. The van der Waals surface area contributed by atoms with Gasteiger partial charge < -0.3 is 4.90 Å². The van der Waals surface area contributed by atoms with E-state index in [9.17, 15) is 0 Å². The number of allylic oxidation sites excluding steroid dienone is 9. The molecule has 2 heteroatoms. The molecule has 0 amide bonds. The van der Waals surface area contributed by atoms with E-state index in [1.165, 1.54) is 46.5 Å². The summed E-state index contributed by atoms with van der Waals surface area (Å²) >= 11 is 2.32. The monoisotopic (exact) mass is 647 g/mol. The zero-order valence-corrected chi connectivity index (χ0v) is 30.1. The Balaban J connectivity index is 0. The molecule has 1 rings (SSSR count). The molecule has 0 aliphatic heterocycles. The van der Waals surface area contributed by atoms with E-state index in [0.29, 0.717) is 5.41 Å². The maximum absolute atomic E-state index is 2.49. The highest BCUT2D eigenvalue weighted by atomic mass is 127. The number of nitrogens with zero attached hydrogens (tertiary/aromatic N) is 1. The van der Waals surface area contributed by atoms with Crippen molar-refractivity contribution in [2.24, 2.45) is 11.3 Å². The van der Waals surface area contributed by atoms with Gasteiger partial charge in [0.25, 0.3) is 0 Å². The van der Waals surface area contributed by atoms with Crippen molar-refractivity contribution in [3.63, 3.8) is 0 Å². The first-order valence-electron chi connectivity index (χ1n) is 15.1. The molecule has 1 aromatic carbocycles. The molecule has 0 aromatic heterocycles. The number of benzene rings is 1. The quantitative estimate of drug-likeness (QED) is 0.124. The van der Waals surface area contributed by atoms with Gasteiger partial charge in [0.1, 0.15) is 0 Å². The van der Waals surface area contributed by atoms with Crippen molar-refractivity contribution >= 4 is 28.2 Å². The van der Waals surface area contributed by atoms with Crippen LogP contribution in [-0.2, 0) is 6.42 Å². The largest absolute Gasteiger partial charge is 0.375 e. The summed E-state index contributed by atoms with van der Waals surface area (Å²) in [6, 6.07) is 8.98. The summed E-state index contributed by atoms with van der Waals surface area (Å²) in [4.78, 5) is 2.49. The van der Waals surface area contributed by atoms with Gasteiger partial charge in [0.2, 0.25) is 0 Å². The molecule has 39 heavy (non-hydrogen) atoms. The average Bonchev–Trinajstić information content (AvgIpc) is 2.87. The molecule has 0 atom stereocenters. The third-order valence-electron chi connectivity index (χ3n) is 5.84. The minimum Gasteiger partial charge on any atom is -0.375 e. The molecule has 0 heterocycles. The molecule has 0 aliphatic rings. The van der Waals surface area contributed by atoms with Crippen LogP contribution in [-0.4, -0.2) is 18.0 Å². The summed E-state index contributed by atoms with van der Waals surface area (Å²) in [6.45, 7) is 30.9. The van der Waals surface area contributed by atoms with Crippen LogP contribution in [0.3, 0.4) is 0 Å². The van der Waals surface area contributed by atoms with Crippen LogP contribution < -0.4 is 0 Å². The lowest BCUT2D eigenvalue weighted by Gasteiger charge is -2.26. The second-order valence-corrected chi connectivity index (χ2v) is 12.6. The van der Waals surface area contributed by atoms with Crippen molar-refractivity contribution < 1.29 is 0 Å². The maximum Gasteiger partial charge on any atom is 0.0197 e. The first-order chi connectivity index (χ1) is 18.3. The highest BCUT2D eigenvalue weighted by Crippen LogP contribution is 2.23. The average molecular weight is 648 g/mol. The first-order valence-corrected chi connectivity index (χ1v) is 16.4. The summed E-state index contributed by atoms with van der Waals surface area (Å²) in [5.41, 5.74) is 8.52. The van der Waals surface area contributed by atoms with E-state index in [4.69, 9.17) is 0 Å². The highest BCUT2D eigenvalue weighted by Gasteiger charge is 2.11. The van der Waals surface area contributed by atoms with Gasteiger partial charge in [-0.2, -0.15) is 0 Å². The molecule has 1 aromatic rings. The standard InChI is InChI=1S/C20H27I.C15H29N.C2H6/c1-16(2)8-6-7-9-19(15-21)18-12-10-17(11-13-18)14-20(3,4)5;1-7-11-16(12-13(3)4)15(6)10-9-14(5)8-2;1-2/h7-13,15H,6,14H2,1-5H3;9-10,13H,7-8,11-12H2,1-6H3;1-2H3/b9-7+,19-15+;14-9-,15-10+;. The van der Waals surface area contributed by atoms with Crippen LogP contribution in [0.25, 0.3) is 5.57 Å². The minimum absolute atomic E-state index is 0.341. The van der Waals surface area contributed by atoms with Gasteiger partial charge in [0.15, 0.2) is 0 Å². The molecule has 0 bridgehead atoms. The van der Waals surface area contributed by atoms with Gasteiger partial charge >= 0.3 is 0 Å². The molecular weight excluding hydrogens is 585 g/mol. The van der Waals surface area contributed by atoms with Crippen molar-refractivity contribution in [1.82, 2.24) is 4.90 Å². The summed E-state index contributed by atoms with van der Waals surface area (Å²) < 4.78 is 2.15. The molecule has 0 fully saturated rings. The van der Waals surface area contributed by atoms with Crippen LogP contribution in [0.5, 0.6) is 0 Å². The fourth-order valence-corrected chi connectivity index (χ4v) is 4.30. The van der Waals surface area contributed by atoms with Crippen LogP contribution in [0, 0.1) is 11.3 Å². The second-order valence-electron chi connectivity index (χ2n) is 11.9. The van der Waals surface area contributed by atoms with Crippen molar-refractivity contribution in [3.8, 4) is 0 Å². The normalized spacial score (nSPS) is 12.5. The second kappa shape index (κ2) is 23.2. The molecule has 0 saturated carbocycles. The van der Waals surface area contributed by atoms with Gasteiger partial charge in [-0.3, -0.25) is 0 Å². The lowest BCUT2D eigenvalue weighted by Crippen LogP contribution is -2.26. The summed E-state index contributed by atoms with van der Waals surface area (Å²) in [6.07, 6.45) is 15.7. The molecular formula is C37H62IN. The van der Waals surface area contributed by atoms with Crippen molar-refractivity contribution in [1.29, 1.82) is 0 Å². The number of hydrogen-bond donors (Lipinski definition) is 0. The van der Waals surface area contributed by atoms with E-state index in [0.717, 1.165) is 31.7 Å². The predicted molar refractivity (Wildman–Crippen MR) is 191 cm³/mol. The summed E-state index contributed by atoms with van der Waals surface area (Å²) in [7, 11) is 0. The fraction of sp³-hybridized carbons (Fsp3) is 0.568. The molecule has 0 radical (unpaired) electrons. The van der Waals surface area contributed by atoms with Gasteiger partial charge in [-0.1, -0.05) is 145 Å². The first kappa shape index (κ1) is 39.6. The Morgan fingerprint density at radius 1 is 0.949 bits per heavy atom. The van der Waals surface area contributed by atoms with Gasteiger partial charge in [-0.15, -0.1) is 0 Å². The van der Waals surface area contributed by atoms with E-state index < -0.39 is 0 Å². The Morgan fingerprint density at radius 3 is 1.97 bits per heavy atom. The van der Waals surface area contributed by atoms with Crippen LogP contribution in [0.1, 0.15) is 120 Å². The molecule has 0 saturated heterocycles. The Morgan fingerprint density at radius 2 is 1.54 bits per heavy atom. The molecule has 222 valence electrons. The molecule has 1 nitrogen and oxygen atoms in total. The summed E-state index contributed by atoms with van der Waals surface area (Å²) in [5.74, 6) is 0.728. The van der Waals surface area contributed by atoms with Crippen molar-refractivity contribution in [3.05, 3.63) is 86.7 Å². The highest BCUT2D eigenvalue weighted by molar-refractivity contribution is 14.1. The van der Waals surface area contributed by atoms with Gasteiger partial charge in [0, 0.05) is 18.8 Å². The summed E-state index contributed by atoms with van der Waals surface area (Å²) in [5, 5.41) is 0. The smallest absolute Gasteiger partial charge is 0.0197 e. The Kier molecular flexibility index (Phi) is 23.5. The minimum atomic E-state index is 0.341. The lowest BCUT2D eigenvalue weighted by molar-refractivity contribution is 0.305.